The van der Waals surface area contributed by atoms with Crippen molar-refractivity contribution in [2.45, 2.75) is 13.3 Å². The standard InChI is InChI=1S/C21H22O6/c1-4-27-20-11-14(6-9-19(20)26-3)5-8-17(22)15-7-10-18(25-2)16(12-15)13-21(23)24/h5-12H,4,13H2,1-3H3,(H,23,24)/b8-5+. The molecule has 0 spiro atoms. The maximum atomic E-state index is 12.5. The zero-order valence-electron chi connectivity index (χ0n) is 15.5. The number of hydrogen-bond donors (Lipinski definition) is 1. The average molecular weight is 370 g/mol. The van der Waals surface area contributed by atoms with Crippen LogP contribution in [0, 0.1) is 0 Å². The van der Waals surface area contributed by atoms with E-state index in [1.165, 1.54) is 13.2 Å². The molecule has 27 heavy (non-hydrogen) atoms. The topological polar surface area (TPSA) is 82.1 Å². The van der Waals surface area contributed by atoms with Crippen molar-refractivity contribution < 1.29 is 28.9 Å². The summed E-state index contributed by atoms with van der Waals surface area (Å²) in [5.41, 5.74) is 1.63. The molecule has 0 amide bonds. The van der Waals surface area contributed by atoms with E-state index < -0.39 is 5.97 Å². The molecular weight excluding hydrogens is 348 g/mol. The first-order chi connectivity index (χ1) is 13.0. The van der Waals surface area contributed by atoms with Gasteiger partial charge in [-0.15, -0.1) is 0 Å². The van der Waals surface area contributed by atoms with Crippen molar-refractivity contribution in [3.05, 3.63) is 59.2 Å². The first-order valence-electron chi connectivity index (χ1n) is 8.40. The molecule has 2 aromatic carbocycles. The number of aliphatic carboxylic acids is 1. The minimum absolute atomic E-state index is 0.218. The molecule has 1 N–H and O–H groups in total. The van der Waals surface area contributed by atoms with Gasteiger partial charge in [0.25, 0.3) is 0 Å². The zero-order valence-corrected chi connectivity index (χ0v) is 15.5. The summed E-state index contributed by atoms with van der Waals surface area (Å²) in [6.07, 6.45) is 2.89. The van der Waals surface area contributed by atoms with Crippen LogP contribution in [0.4, 0.5) is 0 Å². The first-order valence-corrected chi connectivity index (χ1v) is 8.40. The van der Waals surface area contributed by atoms with Crippen LogP contribution in [0.2, 0.25) is 0 Å². The molecule has 0 heterocycles. The highest BCUT2D eigenvalue weighted by Gasteiger charge is 2.11. The SMILES string of the molecule is CCOc1cc(/C=C/C(=O)c2ccc(OC)c(CC(=O)O)c2)ccc1OC. The molecule has 0 saturated carbocycles. The van der Waals surface area contributed by atoms with Gasteiger partial charge in [0.2, 0.25) is 0 Å². The lowest BCUT2D eigenvalue weighted by molar-refractivity contribution is -0.136. The Morgan fingerprint density at radius 2 is 1.70 bits per heavy atom. The molecule has 6 nitrogen and oxygen atoms in total. The minimum atomic E-state index is -0.991. The van der Waals surface area contributed by atoms with Gasteiger partial charge in [-0.2, -0.15) is 0 Å². The third-order valence-electron chi connectivity index (χ3n) is 3.82. The predicted octanol–water partition coefficient (Wildman–Crippen LogP) is 3.63. The van der Waals surface area contributed by atoms with Gasteiger partial charge in [0.15, 0.2) is 17.3 Å². The Labute approximate surface area is 158 Å². The number of ketones is 1. The second-order valence-electron chi connectivity index (χ2n) is 5.64. The fourth-order valence-corrected chi connectivity index (χ4v) is 2.57. The molecule has 0 bridgehead atoms. The molecule has 0 aromatic heterocycles. The van der Waals surface area contributed by atoms with E-state index in [2.05, 4.69) is 0 Å². The van der Waals surface area contributed by atoms with Crippen LogP contribution >= 0.6 is 0 Å². The second-order valence-corrected chi connectivity index (χ2v) is 5.64. The minimum Gasteiger partial charge on any atom is -0.496 e. The zero-order chi connectivity index (χ0) is 19.8. The van der Waals surface area contributed by atoms with Gasteiger partial charge >= 0.3 is 5.97 Å². The lowest BCUT2D eigenvalue weighted by Crippen LogP contribution is -2.04. The van der Waals surface area contributed by atoms with Gasteiger partial charge < -0.3 is 19.3 Å². The molecule has 0 aliphatic heterocycles. The number of carbonyl (C=O) groups excluding carboxylic acids is 1. The lowest BCUT2D eigenvalue weighted by Gasteiger charge is -2.09. The van der Waals surface area contributed by atoms with Crippen molar-refractivity contribution >= 4 is 17.8 Å². The largest absolute Gasteiger partial charge is 0.496 e. The maximum absolute atomic E-state index is 12.5. The average Bonchev–Trinajstić information content (AvgIpc) is 2.66. The van der Waals surface area contributed by atoms with Crippen LogP contribution in [0.15, 0.2) is 42.5 Å². The number of carboxylic acid groups (broad SMARTS) is 1. The summed E-state index contributed by atoms with van der Waals surface area (Å²) in [5.74, 6) is 0.430. The number of benzene rings is 2. The normalized spacial score (nSPS) is 10.6. The van der Waals surface area contributed by atoms with Gasteiger partial charge in [0.1, 0.15) is 5.75 Å². The monoisotopic (exact) mass is 370 g/mol. The summed E-state index contributed by atoms with van der Waals surface area (Å²) in [4.78, 5) is 23.4. The third kappa shape index (κ3) is 5.34. The van der Waals surface area contributed by atoms with E-state index in [1.807, 2.05) is 13.0 Å². The maximum Gasteiger partial charge on any atom is 0.307 e. The molecule has 2 aromatic rings. The van der Waals surface area contributed by atoms with Crippen LogP contribution in [-0.2, 0) is 11.2 Å². The number of carboxylic acids is 1. The van der Waals surface area contributed by atoms with Crippen molar-refractivity contribution in [3.8, 4) is 17.2 Å². The van der Waals surface area contributed by atoms with E-state index in [1.54, 1.807) is 43.5 Å². The van der Waals surface area contributed by atoms with E-state index in [-0.39, 0.29) is 12.2 Å². The fourth-order valence-electron chi connectivity index (χ4n) is 2.57. The van der Waals surface area contributed by atoms with Gasteiger partial charge in [-0.25, -0.2) is 0 Å². The first kappa shape index (κ1) is 20.0. The Kier molecular flexibility index (Phi) is 7.00. The molecule has 142 valence electrons. The van der Waals surface area contributed by atoms with Crippen molar-refractivity contribution in [1.29, 1.82) is 0 Å². The molecule has 0 aliphatic carbocycles. The van der Waals surface area contributed by atoms with E-state index in [0.29, 0.717) is 35.0 Å². The van der Waals surface area contributed by atoms with Gasteiger partial charge in [-0.1, -0.05) is 12.1 Å². The lowest BCUT2D eigenvalue weighted by atomic mass is 10.0. The highest BCUT2D eigenvalue weighted by molar-refractivity contribution is 6.07. The third-order valence-corrected chi connectivity index (χ3v) is 3.82. The Balaban J connectivity index is 2.23. The summed E-state index contributed by atoms with van der Waals surface area (Å²) < 4.78 is 15.9. The number of ether oxygens (including phenoxy) is 3. The van der Waals surface area contributed by atoms with Gasteiger partial charge in [0, 0.05) is 11.1 Å². The predicted molar refractivity (Wildman–Crippen MR) is 102 cm³/mol. The van der Waals surface area contributed by atoms with Crippen molar-refractivity contribution in [1.82, 2.24) is 0 Å². The van der Waals surface area contributed by atoms with Gasteiger partial charge in [0.05, 0.1) is 27.2 Å². The summed E-state index contributed by atoms with van der Waals surface area (Å²) in [6.45, 7) is 2.38. The van der Waals surface area contributed by atoms with Crippen molar-refractivity contribution in [2.75, 3.05) is 20.8 Å². The van der Waals surface area contributed by atoms with Crippen LogP contribution in [-0.4, -0.2) is 37.7 Å². The highest BCUT2D eigenvalue weighted by atomic mass is 16.5. The highest BCUT2D eigenvalue weighted by Crippen LogP contribution is 2.28. The van der Waals surface area contributed by atoms with Crippen LogP contribution < -0.4 is 14.2 Å². The molecular formula is C21H22O6. The number of hydrogen-bond acceptors (Lipinski definition) is 5. The molecule has 0 fully saturated rings. The number of rotatable bonds is 9. The molecule has 6 heteroatoms. The molecule has 0 unspecified atom stereocenters. The van der Waals surface area contributed by atoms with Gasteiger partial charge in [-0.05, 0) is 48.9 Å². The van der Waals surface area contributed by atoms with E-state index in [0.717, 1.165) is 5.56 Å². The Morgan fingerprint density at radius 1 is 1.00 bits per heavy atom. The smallest absolute Gasteiger partial charge is 0.307 e. The van der Waals surface area contributed by atoms with E-state index in [9.17, 15) is 9.59 Å². The molecule has 0 atom stereocenters. The summed E-state index contributed by atoms with van der Waals surface area (Å²) in [7, 11) is 3.02. The number of methoxy groups -OCH3 is 2. The molecule has 0 radical (unpaired) electrons. The summed E-state index contributed by atoms with van der Waals surface area (Å²) >= 11 is 0. The van der Waals surface area contributed by atoms with Crippen molar-refractivity contribution in [2.24, 2.45) is 0 Å². The van der Waals surface area contributed by atoms with E-state index in [4.69, 9.17) is 19.3 Å². The number of allylic oxidation sites excluding steroid dienone is 1. The molecule has 0 aliphatic rings. The molecule has 0 saturated heterocycles. The van der Waals surface area contributed by atoms with Crippen LogP contribution in [0.25, 0.3) is 6.08 Å². The van der Waals surface area contributed by atoms with Crippen molar-refractivity contribution in [3.63, 3.8) is 0 Å². The van der Waals surface area contributed by atoms with Gasteiger partial charge in [-0.3, -0.25) is 9.59 Å². The Bertz CT molecular complexity index is 854. The quantitative estimate of drug-likeness (QED) is 0.536. The number of carbonyl (C=O) groups is 2. The summed E-state index contributed by atoms with van der Waals surface area (Å²) in [5, 5.41) is 9.00. The van der Waals surface area contributed by atoms with Crippen LogP contribution in [0.1, 0.15) is 28.4 Å². The summed E-state index contributed by atoms with van der Waals surface area (Å²) in [6, 6.07) is 10.1. The second kappa shape index (κ2) is 9.43. The Hall–Kier alpha value is -3.28. The van der Waals surface area contributed by atoms with Crippen LogP contribution in [0.3, 0.4) is 0 Å². The fraction of sp³-hybridized carbons (Fsp3) is 0.238. The van der Waals surface area contributed by atoms with E-state index >= 15 is 0 Å². The Morgan fingerprint density at radius 3 is 2.33 bits per heavy atom. The molecule has 2 rings (SSSR count). The van der Waals surface area contributed by atoms with Crippen LogP contribution in [0.5, 0.6) is 17.2 Å².